The lowest BCUT2D eigenvalue weighted by Crippen LogP contribution is -2.44. The minimum absolute atomic E-state index is 0.430. The summed E-state index contributed by atoms with van der Waals surface area (Å²) in [7, 11) is 4.15. The quantitative estimate of drug-likeness (QED) is 0.667. The molecule has 0 fully saturated rings. The normalized spacial score (nSPS) is 20.0. The van der Waals surface area contributed by atoms with Crippen LogP contribution in [0, 0.1) is 0 Å². The van der Waals surface area contributed by atoms with E-state index in [1.807, 2.05) is 0 Å². The smallest absolute Gasteiger partial charge is 0.0612 e. The van der Waals surface area contributed by atoms with Crippen molar-refractivity contribution in [3.05, 3.63) is 35.9 Å². The molecule has 0 spiro atoms. The van der Waals surface area contributed by atoms with Gasteiger partial charge in [0, 0.05) is 14.1 Å². The molecule has 0 bridgehead atoms. The lowest BCUT2D eigenvalue weighted by atomic mass is 10.1. The van der Waals surface area contributed by atoms with Crippen LogP contribution in [0.4, 0.5) is 5.69 Å². The fourth-order valence-corrected chi connectivity index (χ4v) is 1.96. The first-order chi connectivity index (χ1) is 6.70. The molecule has 2 heteroatoms. The van der Waals surface area contributed by atoms with Crippen LogP contribution in [0.25, 0.3) is 6.08 Å². The Hall–Kier alpha value is -1.28. The van der Waals surface area contributed by atoms with Crippen LogP contribution in [-0.4, -0.2) is 25.1 Å². The first kappa shape index (κ1) is 9.28. The molecule has 14 heavy (non-hydrogen) atoms. The molecule has 0 aromatic heterocycles. The molecule has 1 aromatic carbocycles. The van der Waals surface area contributed by atoms with Gasteiger partial charge in [-0.15, -0.1) is 0 Å². The molecule has 0 saturated carbocycles. The molecular weight excluding hydrogens is 172 g/mol. The second kappa shape index (κ2) is 3.46. The summed E-state index contributed by atoms with van der Waals surface area (Å²) in [6.45, 7) is 2.20. The molecular formula is C12H16N2. The zero-order chi connectivity index (χ0) is 10.1. The molecule has 0 saturated heterocycles. The second-order valence-corrected chi connectivity index (χ2v) is 3.85. The molecule has 1 unspecified atom stereocenters. The minimum Gasteiger partial charge on any atom is -0.299 e. The van der Waals surface area contributed by atoms with Crippen molar-refractivity contribution in [1.29, 1.82) is 0 Å². The molecule has 2 rings (SSSR count). The molecule has 0 amide bonds. The summed E-state index contributed by atoms with van der Waals surface area (Å²) in [5, 5.41) is 4.42. The van der Waals surface area contributed by atoms with Crippen LogP contribution in [0.2, 0.25) is 0 Å². The predicted octanol–water partition coefficient (Wildman–Crippen LogP) is 2.38. The van der Waals surface area contributed by atoms with Gasteiger partial charge < -0.3 is 0 Å². The monoisotopic (exact) mass is 188 g/mol. The van der Waals surface area contributed by atoms with Gasteiger partial charge >= 0.3 is 0 Å². The van der Waals surface area contributed by atoms with Gasteiger partial charge in [-0.25, -0.2) is 5.01 Å². The van der Waals surface area contributed by atoms with E-state index in [1.165, 1.54) is 11.3 Å². The number of nitrogens with zero attached hydrogens (tertiary/aromatic N) is 2. The highest BCUT2D eigenvalue weighted by Crippen LogP contribution is 2.28. The van der Waals surface area contributed by atoms with E-state index in [4.69, 9.17) is 0 Å². The standard InChI is InChI=1S/C12H16N2/c1-10-8-9-11-6-4-5-7-12(11)14(10)13(2)3/h4-10H,1-3H3. The zero-order valence-corrected chi connectivity index (χ0v) is 8.94. The van der Waals surface area contributed by atoms with Crippen LogP contribution in [-0.2, 0) is 0 Å². The van der Waals surface area contributed by atoms with Gasteiger partial charge in [0.25, 0.3) is 0 Å². The number of rotatable bonds is 1. The summed E-state index contributed by atoms with van der Waals surface area (Å²) in [4.78, 5) is 0. The van der Waals surface area contributed by atoms with Gasteiger partial charge in [0.2, 0.25) is 0 Å². The Labute approximate surface area is 85.4 Å². The van der Waals surface area contributed by atoms with E-state index in [9.17, 15) is 0 Å². The second-order valence-electron chi connectivity index (χ2n) is 3.85. The van der Waals surface area contributed by atoms with Crippen LogP contribution < -0.4 is 5.01 Å². The van der Waals surface area contributed by atoms with Gasteiger partial charge in [-0.2, -0.15) is 0 Å². The van der Waals surface area contributed by atoms with Gasteiger partial charge in [-0.3, -0.25) is 5.01 Å². The van der Waals surface area contributed by atoms with Crippen molar-refractivity contribution in [1.82, 2.24) is 5.01 Å². The largest absolute Gasteiger partial charge is 0.299 e. The lowest BCUT2D eigenvalue weighted by Gasteiger charge is -2.38. The zero-order valence-electron chi connectivity index (χ0n) is 8.94. The van der Waals surface area contributed by atoms with Crippen LogP contribution in [0.1, 0.15) is 12.5 Å². The van der Waals surface area contributed by atoms with Crippen molar-refractivity contribution < 1.29 is 0 Å². The molecule has 74 valence electrons. The molecule has 0 aliphatic carbocycles. The van der Waals surface area contributed by atoms with Crippen LogP contribution >= 0.6 is 0 Å². The van der Waals surface area contributed by atoms with Gasteiger partial charge in [0.1, 0.15) is 0 Å². The van der Waals surface area contributed by atoms with Gasteiger partial charge in [0.15, 0.2) is 0 Å². The Morgan fingerprint density at radius 3 is 2.64 bits per heavy atom. The number of hydrogen-bond acceptors (Lipinski definition) is 2. The molecule has 1 aliphatic heterocycles. The lowest BCUT2D eigenvalue weighted by molar-refractivity contribution is 0.351. The van der Waals surface area contributed by atoms with E-state index in [-0.39, 0.29) is 0 Å². The van der Waals surface area contributed by atoms with Gasteiger partial charge in [0.05, 0.1) is 11.7 Å². The van der Waals surface area contributed by atoms with Gasteiger partial charge in [-0.05, 0) is 18.6 Å². The molecule has 1 aliphatic rings. The fourth-order valence-electron chi connectivity index (χ4n) is 1.96. The summed E-state index contributed by atoms with van der Waals surface area (Å²) in [5.74, 6) is 0. The predicted molar refractivity (Wildman–Crippen MR) is 61.1 cm³/mol. The number of para-hydroxylation sites is 1. The summed E-state index contributed by atoms with van der Waals surface area (Å²) in [6.07, 6.45) is 4.42. The summed E-state index contributed by atoms with van der Waals surface area (Å²) in [6, 6.07) is 8.90. The Balaban J connectivity index is 2.48. The van der Waals surface area contributed by atoms with Crippen molar-refractivity contribution in [2.45, 2.75) is 13.0 Å². The third kappa shape index (κ3) is 1.42. The maximum Gasteiger partial charge on any atom is 0.0612 e. The molecule has 0 N–H and O–H groups in total. The fraction of sp³-hybridized carbons (Fsp3) is 0.333. The van der Waals surface area contributed by atoms with Crippen LogP contribution in [0.3, 0.4) is 0 Å². The summed E-state index contributed by atoms with van der Waals surface area (Å²) < 4.78 is 0. The van der Waals surface area contributed by atoms with Crippen molar-refractivity contribution in [3.63, 3.8) is 0 Å². The highest BCUT2D eigenvalue weighted by molar-refractivity contribution is 5.71. The summed E-state index contributed by atoms with van der Waals surface area (Å²) >= 11 is 0. The highest BCUT2D eigenvalue weighted by atomic mass is 15.6. The molecule has 1 atom stereocenters. The van der Waals surface area contributed by atoms with E-state index in [0.717, 1.165) is 0 Å². The number of fused-ring (bicyclic) bond motifs is 1. The SMILES string of the molecule is CC1C=Cc2ccccc2N1N(C)C. The topological polar surface area (TPSA) is 6.48 Å². The summed E-state index contributed by atoms with van der Waals surface area (Å²) in [5.41, 5.74) is 2.58. The van der Waals surface area contributed by atoms with Crippen molar-refractivity contribution in [2.75, 3.05) is 19.1 Å². The first-order valence-corrected chi connectivity index (χ1v) is 4.94. The van der Waals surface area contributed by atoms with Gasteiger partial charge in [-0.1, -0.05) is 30.4 Å². The van der Waals surface area contributed by atoms with Crippen LogP contribution in [0.5, 0.6) is 0 Å². The Morgan fingerprint density at radius 1 is 1.21 bits per heavy atom. The van der Waals surface area contributed by atoms with E-state index >= 15 is 0 Å². The maximum absolute atomic E-state index is 2.29. The highest BCUT2D eigenvalue weighted by Gasteiger charge is 2.19. The molecule has 0 radical (unpaired) electrons. The molecule has 2 nitrogen and oxygen atoms in total. The van der Waals surface area contributed by atoms with E-state index in [0.29, 0.717) is 6.04 Å². The average molecular weight is 188 g/mol. The molecule has 1 heterocycles. The van der Waals surface area contributed by atoms with Crippen molar-refractivity contribution >= 4 is 11.8 Å². The number of anilines is 1. The van der Waals surface area contributed by atoms with E-state index < -0.39 is 0 Å². The van der Waals surface area contributed by atoms with Crippen LogP contribution in [0.15, 0.2) is 30.3 Å². The first-order valence-electron chi connectivity index (χ1n) is 4.94. The third-order valence-electron chi connectivity index (χ3n) is 2.55. The maximum atomic E-state index is 2.29. The third-order valence-corrected chi connectivity index (χ3v) is 2.55. The average Bonchev–Trinajstić information content (AvgIpc) is 2.17. The Kier molecular flexibility index (Phi) is 2.30. The van der Waals surface area contributed by atoms with Crippen molar-refractivity contribution in [3.8, 4) is 0 Å². The number of hydrogen-bond donors (Lipinski definition) is 0. The van der Waals surface area contributed by atoms with E-state index in [2.05, 4.69) is 67.5 Å². The van der Waals surface area contributed by atoms with E-state index in [1.54, 1.807) is 0 Å². The van der Waals surface area contributed by atoms with Crippen molar-refractivity contribution in [2.24, 2.45) is 0 Å². The molecule has 1 aromatic rings. The number of hydrazine groups is 1. The number of benzene rings is 1. The minimum atomic E-state index is 0.430. The Bertz CT molecular complexity index is 355. The Morgan fingerprint density at radius 2 is 1.93 bits per heavy atom.